The average molecular weight is 392 g/mol. The summed E-state index contributed by atoms with van der Waals surface area (Å²) in [5.41, 5.74) is 1.90. The lowest BCUT2D eigenvalue weighted by molar-refractivity contribution is 0.0938. The molecule has 2 aromatic carbocycles. The Bertz CT molecular complexity index is 980. The number of hydrogen-bond donors (Lipinski definition) is 2. The Morgan fingerprint density at radius 2 is 1.72 bits per heavy atom. The van der Waals surface area contributed by atoms with Crippen LogP contribution in [0, 0.1) is 0 Å². The van der Waals surface area contributed by atoms with Crippen LogP contribution in [0.3, 0.4) is 0 Å². The zero-order chi connectivity index (χ0) is 20.8. The van der Waals surface area contributed by atoms with E-state index >= 15 is 0 Å². The average Bonchev–Trinajstić information content (AvgIpc) is 3.23. The summed E-state index contributed by atoms with van der Waals surface area (Å²) in [5.74, 6) is 0.364. The van der Waals surface area contributed by atoms with Gasteiger partial charge in [0.15, 0.2) is 5.76 Å². The molecule has 0 radical (unpaired) electrons. The van der Waals surface area contributed by atoms with Gasteiger partial charge in [0.1, 0.15) is 5.75 Å². The minimum absolute atomic E-state index is 0.0780. The second-order valence-corrected chi connectivity index (χ2v) is 6.95. The van der Waals surface area contributed by atoms with Crippen molar-refractivity contribution < 1.29 is 18.7 Å². The maximum absolute atomic E-state index is 12.7. The summed E-state index contributed by atoms with van der Waals surface area (Å²) >= 11 is 0. The highest BCUT2D eigenvalue weighted by Crippen LogP contribution is 2.21. The van der Waals surface area contributed by atoms with E-state index < -0.39 is 0 Å². The number of ether oxygens (including phenoxy) is 1. The molecule has 1 aromatic heterocycles. The Kier molecular flexibility index (Phi) is 6.34. The van der Waals surface area contributed by atoms with E-state index in [9.17, 15) is 9.59 Å². The number of rotatable bonds is 7. The maximum atomic E-state index is 12.7. The van der Waals surface area contributed by atoms with Crippen LogP contribution in [0.5, 0.6) is 5.75 Å². The van der Waals surface area contributed by atoms with E-state index in [4.69, 9.17) is 9.15 Å². The van der Waals surface area contributed by atoms with Gasteiger partial charge in [0.05, 0.1) is 18.4 Å². The molecule has 150 valence electrons. The highest BCUT2D eigenvalue weighted by atomic mass is 16.5. The van der Waals surface area contributed by atoms with Gasteiger partial charge in [0, 0.05) is 11.3 Å². The number of carbonyl (C=O) groups is 2. The van der Waals surface area contributed by atoms with E-state index in [1.807, 2.05) is 45.0 Å². The van der Waals surface area contributed by atoms with Gasteiger partial charge in [-0.05, 0) is 68.8 Å². The van der Waals surface area contributed by atoms with Crippen molar-refractivity contribution in [2.45, 2.75) is 32.9 Å². The van der Waals surface area contributed by atoms with E-state index in [1.165, 1.54) is 6.26 Å². The van der Waals surface area contributed by atoms with Gasteiger partial charge in [-0.2, -0.15) is 0 Å². The molecular formula is C23H24N2O4. The minimum Gasteiger partial charge on any atom is -0.491 e. The molecule has 0 spiro atoms. The number of amides is 2. The molecule has 2 N–H and O–H groups in total. The molecule has 0 aliphatic heterocycles. The summed E-state index contributed by atoms with van der Waals surface area (Å²) in [6.45, 7) is 5.85. The van der Waals surface area contributed by atoms with E-state index in [-0.39, 0.29) is 29.7 Å². The Balaban J connectivity index is 1.67. The second-order valence-electron chi connectivity index (χ2n) is 6.95. The molecule has 0 bridgehead atoms. The number of hydrogen-bond acceptors (Lipinski definition) is 4. The molecule has 1 heterocycles. The Hall–Kier alpha value is -3.54. The van der Waals surface area contributed by atoms with Gasteiger partial charge in [-0.15, -0.1) is 0 Å². The van der Waals surface area contributed by atoms with Crippen LogP contribution < -0.4 is 15.4 Å². The van der Waals surface area contributed by atoms with Crippen LogP contribution >= 0.6 is 0 Å². The second kappa shape index (κ2) is 9.10. The van der Waals surface area contributed by atoms with Crippen molar-refractivity contribution in [1.82, 2.24) is 5.32 Å². The van der Waals surface area contributed by atoms with Crippen molar-refractivity contribution in [3.05, 3.63) is 83.8 Å². The molecule has 29 heavy (non-hydrogen) atoms. The molecule has 0 fully saturated rings. The number of anilines is 1. The first-order valence-corrected chi connectivity index (χ1v) is 9.45. The van der Waals surface area contributed by atoms with Crippen LogP contribution in [0.4, 0.5) is 5.69 Å². The SMILES string of the molecule is CC(C)Oc1cccc(C(C)NC(=O)c2cccc(NC(=O)c3ccco3)c2)c1. The Morgan fingerprint density at radius 1 is 0.931 bits per heavy atom. The van der Waals surface area contributed by atoms with Gasteiger partial charge in [-0.25, -0.2) is 0 Å². The fourth-order valence-electron chi connectivity index (χ4n) is 2.83. The third kappa shape index (κ3) is 5.48. The summed E-state index contributed by atoms with van der Waals surface area (Å²) in [4.78, 5) is 24.8. The molecule has 2 amide bonds. The molecule has 1 unspecified atom stereocenters. The molecule has 6 heteroatoms. The zero-order valence-corrected chi connectivity index (χ0v) is 16.6. The van der Waals surface area contributed by atoms with E-state index in [0.29, 0.717) is 11.3 Å². The molecule has 0 aliphatic carbocycles. The van der Waals surface area contributed by atoms with Crippen LogP contribution in [0.2, 0.25) is 0 Å². The fourth-order valence-corrected chi connectivity index (χ4v) is 2.83. The molecule has 3 rings (SSSR count). The lowest BCUT2D eigenvalue weighted by Crippen LogP contribution is -2.26. The van der Waals surface area contributed by atoms with Crippen molar-refractivity contribution in [2.75, 3.05) is 5.32 Å². The fraction of sp³-hybridized carbons (Fsp3) is 0.217. The van der Waals surface area contributed by atoms with Crippen molar-refractivity contribution in [2.24, 2.45) is 0 Å². The monoisotopic (exact) mass is 392 g/mol. The topological polar surface area (TPSA) is 80.6 Å². The van der Waals surface area contributed by atoms with Crippen LogP contribution in [0.1, 0.15) is 53.3 Å². The van der Waals surface area contributed by atoms with Gasteiger partial charge >= 0.3 is 0 Å². The number of carbonyl (C=O) groups excluding carboxylic acids is 2. The first-order chi connectivity index (χ1) is 13.9. The van der Waals surface area contributed by atoms with Gasteiger partial charge in [0.25, 0.3) is 11.8 Å². The van der Waals surface area contributed by atoms with Crippen molar-refractivity contribution >= 4 is 17.5 Å². The standard InChI is InChI=1S/C23H24N2O4/c1-15(2)29-20-10-5-7-17(14-20)16(3)24-22(26)18-8-4-9-19(13-18)25-23(27)21-11-6-12-28-21/h4-16H,1-3H3,(H,24,26)(H,25,27). The predicted octanol–water partition coefficient (Wildman–Crippen LogP) is 4.81. The van der Waals surface area contributed by atoms with Crippen LogP contribution in [0.25, 0.3) is 0 Å². The molecule has 6 nitrogen and oxygen atoms in total. The molecule has 0 saturated heterocycles. The van der Waals surface area contributed by atoms with Crippen molar-refractivity contribution in [3.8, 4) is 5.75 Å². The Morgan fingerprint density at radius 3 is 2.45 bits per heavy atom. The minimum atomic E-state index is -0.372. The van der Waals surface area contributed by atoms with E-state index in [1.54, 1.807) is 36.4 Å². The number of furan rings is 1. The largest absolute Gasteiger partial charge is 0.491 e. The van der Waals surface area contributed by atoms with Crippen LogP contribution in [-0.2, 0) is 0 Å². The summed E-state index contributed by atoms with van der Waals surface area (Å²) < 4.78 is 10.8. The first kappa shape index (κ1) is 20.2. The van der Waals surface area contributed by atoms with E-state index in [0.717, 1.165) is 11.3 Å². The molecular weight excluding hydrogens is 368 g/mol. The van der Waals surface area contributed by atoms with Gasteiger partial charge < -0.3 is 19.8 Å². The molecule has 0 saturated carbocycles. The lowest BCUT2D eigenvalue weighted by atomic mass is 10.1. The number of nitrogens with one attached hydrogen (secondary N) is 2. The quantitative estimate of drug-likeness (QED) is 0.605. The van der Waals surface area contributed by atoms with Crippen LogP contribution in [0.15, 0.2) is 71.3 Å². The summed E-state index contributed by atoms with van der Waals surface area (Å²) in [5, 5.41) is 5.70. The van der Waals surface area contributed by atoms with Crippen molar-refractivity contribution in [3.63, 3.8) is 0 Å². The lowest BCUT2D eigenvalue weighted by Gasteiger charge is -2.17. The molecule has 1 atom stereocenters. The Labute approximate surface area is 169 Å². The summed E-state index contributed by atoms with van der Waals surface area (Å²) in [7, 11) is 0. The van der Waals surface area contributed by atoms with Crippen LogP contribution in [-0.4, -0.2) is 17.9 Å². The first-order valence-electron chi connectivity index (χ1n) is 9.45. The van der Waals surface area contributed by atoms with Gasteiger partial charge in [-0.3, -0.25) is 9.59 Å². The summed E-state index contributed by atoms with van der Waals surface area (Å²) in [6.07, 6.45) is 1.51. The normalized spacial score (nSPS) is 11.7. The third-order valence-electron chi connectivity index (χ3n) is 4.21. The van der Waals surface area contributed by atoms with Crippen molar-refractivity contribution in [1.29, 1.82) is 0 Å². The highest BCUT2D eigenvalue weighted by molar-refractivity contribution is 6.03. The predicted molar refractivity (Wildman–Crippen MR) is 111 cm³/mol. The van der Waals surface area contributed by atoms with Gasteiger partial charge in [0.2, 0.25) is 0 Å². The third-order valence-corrected chi connectivity index (χ3v) is 4.21. The molecule has 3 aromatic rings. The summed E-state index contributed by atoms with van der Waals surface area (Å²) in [6, 6.07) is 17.4. The molecule has 0 aliphatic rings. The maximum Gasteiger partial charge on any atom is 0.291 e. The number of benzene rings is 2. The van der Waals surface area contributed by atoms with E-state index in [2.05, 4.69) is 10.6 Å². The van der Waals surface area contributed by atoms with Gasteiger partial charge in [-0.1, -0.05) is 18.2 Å². The zero-order valence-electron chi connectivity index (χ0n) is 16.6. The smallest absolute Gasteiger partial charge is 0.291 e. The highest BCUT2D eigenvalue weighted by Gasteiger charge is 2.14.